The highest BCUT2D eigenvalue weighted by Gasteiger charge is 2.25. The number of likely N-dealkylation sites (N-methyl/N-ethyl adjacent to an activating group) is 1. The van der Waals surface area contributed by atoms with Crippen molar-refractivity contribution < 1.29 is 0 Å². The van der Waals surface area contributed by atoms with Crippen molar-refractivity contribution in [3.05, 3.63) is 15.6 Å². The van der Waals surface area contributed by atoms with E-state index in [-0.39, 0.29) is 0 Å². The Morgan fingerprint density at radius 2 is 1.96 bits per heavy atom. The van der Waals surface area contributed by atoms with Crippen LogP contribution in [-0.2, 0) is 6.42 Å². The SMILES string of the molecule is CN=C(NCCc1nc(C)c(C)s1)NCC(C1CCCCC1)N(C)C. The van der Waals surface area contributed by atoms with Crippen molar-refractivity contribution >= 4 is 17.3 Å². The number of rotatable bonds is 7. The molecule has 1 fully saturated rings. The largest absolute Gasteiger partial charge is 0.356 e. The van der Waals surface area contributed by atoms with Crippen LogP contribution in [0.15, 0.2) is 4.99 Å². The molecule has 0 radical (unpaired) electrons. The molecule has 1 aliphatic rings. The Balaban J connectivity index is 1.77. The standard InChI is InChI=1S/C19H35N5S/c1-14-15(2)25-18(23-14)11-12-21-19(20-3)22-13-17(24(4)5)16-9-7-6-8-10-16/h16-17H,6-13H2,1-5H3,(H2,20,21,22). The molecule has 1 aromatic rings. The first-order valence-corrected chi connectivity index (χ1v) is 10.4. The normalized spacial score (nSPS) is 17.8. The van der Waals surface area contributed by atoms with Gasteiger partial charge in [-0.05, 0) is 46.7 Å². The summed E-state index contributed by atoms with van der Waals surface area (Å²) in [5, 5.41) is 8.16. The molecule has 1 aliphatic carbocycles. The molecule has 5 nitrogen and oxygen atoms in total. The first kappa shape index (κ1) is 20.2. The lowest BCUT2D eigenvalue weighted by Crippen LogP contribution is -2.48. The number of thiazole rings is 1. The van der Waals surface area contributed by atoms with E-state index in [2.05, 4.69) is 53.5 Å². The van der Waals surface area contributed by atoms with E-state index in [1.165, 1.54) is 42.0 Å². The Bertz CT molecular complexity index is 527. The zero-order chi connectivity index (χ0) is 18.2. The second-order valence-electron chi connectivity index (χ2n) is 7.31. The highest BCUT2D eigenvalue weighted by Crippen LogP contribution is 2.28. The van der Waals surface area contributed by atoms with Crippen LogP contribution in [0.25, 0.3) is 0 Å². The van der Waals surface area contributed by atoms with Crippen LogP contribution in [0, 0.1) is 19.8 Å². The summed E-state index contributed by atoms with van der Waals surface area (Å²) in [5.41, 5.74) is 1.16. The van der Waals surface area contributed by atoms with E-state index in [9.17, 15) is 0 Å². The fourth-order valence-electron chi connectivity index (χ4n) is 3.65. The summed E-state index contributed by atoms with van der Waals surface area (Å²) in [6, 6.07) is 0.572. The van der Waals surface area contributed by atoms with Crippen molar-refractivity contribution in [2.75, 3.05) is 34.2 Å². The van der Waals surface area contributed by atoms with Crippen molar-refractivity contribution in [2.45, 2.75) is 58.4 Å². The van der Waals surface area contributed by atoms with Gasteiger partial charge in [0.15, 0.2) is 5.96 Å². The third kappa shape index (κ3) is 6.26. The van der Waals surface area contributed by atoms with Gasteiger partial charge in [0.25, 0.3) is 0 Å². The third-order valence-electron chi connectivity index (χ3n) is 5.26. The zero-order valence-electron chi connectivity index (χ0n) is 16.6. The van der Waals surface area contributed by atoms with Gasteiger partial charge in [-0.3, -0.25) is 4.99 Å². The number of hydrogen-bond acceptors (Lipinski definition) is 4. The van der Waals surface area contributed by atoms with E-state index < -0.39 is 0 Å². The average Bonchev–Trinajstić information content (AvgIpc) is 2.92. The Labute approximate surface area is 157 Å². The Hall–Kier alpha value is -1.14. The van der Waals surface area contributed by atoms with Gasteiger partial charge in [0.2, 0.25) is 0 Å². The summed E-state index contributed by atoms with van der Waals surface area (Å²) in [4.78, 5) is 12.7. The van der Waals surface area contributed by atoms with Gasteiger partial charge in [-0.1, -0.05) is 19.3 Å². The van der Waals surface area contributed by atoms with Crippen LogP contribution in [0.2, 0.25) is 0 Å². The lowest BCUT2D eigenvalue weighted by molar-refractivity contribution is 0.171. The summed E-state index contributed by atoms with van der Waals surface area (Å²) >= 11 is 1.80. The smallest absolute Gasteiger partial charge is 0.191 e. The Kier molecular flexibility index (Phi) is 8.16. The van der Waals surface area contributed by atoms with Crippen molar-refractivity contribution in [3.8, 4) is 0 Å². The number of aromatic nitrogens is 1. The molecule has 142 valence electrons. The zero-order valence-corrected chi connectivity index (χ0v) is 17.4. The van der Waals surface area contributed by atoms with Crippen LogP contribution in [0.1, 0.15) is 47.7 Å². The van der Waals surface area contributed by atoms with Gasteiger partial charge < -0.3 is 15.5 Å². The number of guanidine groups is 1. The fraction of sp³-hybridized carbons (Fsp3) is 0.789. The molecule has 1 heterocycles. The molecule has 0 bridgehead atoms. The maximum atomic E-state index is 4.60. The molecule has 0 aromatic carbocycles. The molecule has 1 aromatic heterocycles. The van der Waals surface area contributed by atoms with Gasteiger partial charge in [-0.15, -0.1) is 11.3 Å². The monoisotopic (exact) mass is 365 g/mol. The molecule has 2 N–H and O–H groups in total. The minimum Gasteiger partial charge on any atom is -0.356 e. The van der Waals surface area contributed by atoms with Crippen molar-refractivity contribution in [2.24, 2.45) is 10.9 Å². The molecule has 25 heavy (non-hydrogen) atoms. The summed E-state index contributed by atoms with van der Waals surface area (Å²) < 4.78 is 0. The summed E-state index contributed by atoms with van der Waals surface area (Å²) in [7, 11) is 6.24. The minimum atomic E-state index is 0.572. The maximum absolute atomic E-state index is 4.60. The molecule has 1 unspecified atom stereocenters. The minimum absolute atomic E-state index is 0.572. The number of hydrogen-bond donors (Lipinski definition) is 2. The first-order valence-electron chi connectivity index (χ1n) is 9.55. The van der Waals surface area contributed by atoms with Crippen LogP contribution in [0.5, 0.6) is 0 Å². The molecule has 0 aliphatic heterocycles. The van der Waals surface area contributed by atoms with Crippen molar-refractivity contribution in [3.63, 3.8) is 0 Å². The van der Waals surface area contributed by atoms with Crippen LogP contribution < -0.4 is 10.6 Å². The summed E-state index contributed by atoms with van der Waals surface area (Å²) in [5.74, 6) is 1.70. The molecular weight excluding hydrogens is 330 g/mol. The quantitative estimate of drug-likeness (QED) is 0.576. The van der Waals surface area contributed by atoms with Gasteiger partial charge >= 0.3 is 0 Å². The highest BCUT2D eigenvalue weighted by atomic mass is 32.1. The molecular formula is C19H35N5S. The lowest BCUT2D eigenvalue weighted by Gasteiger charge is -2.35. The topological polar surface area (TPSA) is 52.6 Å². The van der Waals surface area contributed by atoms with Crippen LogP contribution in [-0.4, -0.2) is 56.1 Å². The second-order valence-corrected chi connectivity index (χ2v) is 8.60. The lowest BCUT2D eigenvalue weighted by atomic mass is 9.83. The van der Waals surface area contributed by atoms with E-state index in [0.717, 1.165) is 37.1 Å². The molecule has 1 saturated carbocycles. The van der Waals surface area contributed by atoms with E-state index in [1.54, 1.807) is 11.3 Å². The van der Waals surface area contributed by atoms with Crippen LogP contribution in [0.3, 0.4) is 0 Å². The van der Waals surface area contributed by atoms with Crippen molar-refractivity contribution in [1.82, 2.24) is 20.5 Å². The maximum Gasteiger partial charge on any atom is 0.191 e. The van der Waals surface area contributed by atoms with Gasteiger partial charge in [0.05, 0.1) is 10.7 Å². The second kappa shape index (κ2) is 10.1. The molecule has 1 atom stereocenters. The van der Waals surface area contributed by atoms with Crippen LogP contribution >= 0.6 is 11.3 Å². The Morgan fingerprint density at radius 3 is 2.52 bits per heavy atom. The number of nitrogens with one attached hydrogen (secondary N) is 2. The molecule has 0 amide bonds. The number of nitrogens with zero attached hydrogens (tertiary/aromatic N) is 3. The fourth-order valence-corrected chi connectivity index (χ4v) is 4.58. The molecule has 6 heteroatoms. The van der Waals surface area contributed by atoms with E-state index in [0.29, 0.717) is 6.04 Å². The molecule has 0 saturated heterocycles. The van der Waals surface area contributed by atoms with Crippen LogP contribution in [0.4, 0.5) is 0 Å². The first-order chi connectivity index (χ1) is 12.0. The van der Waals surface area contributed by atoms with Gasteiger partial charge in [-0.2, -0.15) is 0 Å². The number of aryl methyl sites for hydroxylation is 2. The molecule has 0 spiro atoms. The van der Waals surface area contributed by atoms with Gasteiger partial charge in [0.1, 0.15) is 0 Å². The Morgan fingerprint density at radius 1 is 1.24 bits per heavy atom. The van der Waals surface area contributed by atoms with Gasteiger partial charge in [-0.25, -0.2) is 4.98 Å². The average molecular weight is 366 g/mol. The van der Waals surface area contributed by atoms with Crippen molar-refractivity contribution in [1.29, 1.82) is 0 Å². The summed E-state index contributed by atoms with van der Waals surface area (Å²) in [6.07, 6.45) is 7.84. The summed E-state index contributed by atoms with van der Waals surface area (Å²) in [6.45, 7) is 6.03. The highest BCUT2D eigenvalue weighted by molar-refractivity contribution is 7.11. The predicted molar refractivity (Wildman–Crippen MR) is 109 cm³/mol. The third-order valence-corrected chi connectivity index (χ3v) is 6.40. The van der Waals surface area contributed by atoms with E-state index in [4.69, 9.17) is 0 Å². The van der Waals surface area contributed by atoms with E-state index >= 15 is 0 Å². The van der Waals surface area contributed by atoms with E-state index in [1.807, 2.05) is 7.05 Å². The number of aliphatic imine (C=N–C) groups is 1. The predicted octanol–water partition coefficient (Wildman–Crippen LogP) is 2.98. The molecule has 2 rings (SSSR count). The van der Waals surface area contributed by atoms with Gasteiger partial charge in [0, 0.05) is 37.5 Å².